The zero-order valence-corrected chi connectivity index (χ0v) is 33.9. The van der Waals surface area contributed by atoms with Gasteiger partial charge in [-0.25, -0.2) is 29.9 Å². The molecule has 0 unspecified atom stereocenters. The zero-order valence-electron chi connectivity index (χ0n) is 33.1. The largest absolute Gasteiger partial charge is 0.309 e. The van der Waals surface area contributed by atoms with Gasteiger partial charge in [-0.3, -0.25) is 0 Å². The molecule has 0 N–H and O–H groups in total. The van der Waals surface area contributed by atoms with Crippen molar-refractivity contribution >= 4 is 53.3 Å². The first-order valence-corrected chi connectivity index (χ1v) is 21.3. The second kappa shape index (κ2) is 14.8. The molecule has 8 heteroatoms. The van der Waals surface area contributed by atoms with Gasteiger partial charge in [0.15, 0.2) is 34.9 Å². The second-order valence-electron chi connectivity index (χ2n) is 15.1. The third kappa shape index (κ3) is 6.12. The molecule has 0 aliphatic heterocycles. The molecule has 0 atom stereocenters. The van der Waals surface area contributed by atoms with Crippen LogP contribution < -0.4 is 0 Å². The van der Waals surface area contributed by atoms with E-state index in [9.17, 15) is 0 Å². The van der Waals surface area contributed by atoms with Crippen LogP contribution in [0.5, 0.6) is 0 Å². The Bertz CT molecular complexity index is 3570. The highest BCUT2D eigenvalue weighted by Gasteiger charge is 2.21. The fraction of sp³-hybridized carbons (Fsp3) is 0. The Labute approximate surface area is 360 Å². The lowest BCUT2D eigenvalue weighted by Crippen LogP contribution is -2.01. The van der Waals surface area contributed by atoms with Gasteiger partial charge in [-0.2, -0.15) is 0 Å². The van der Waals surface area contributed by atoms with E-state index in [2.05, 4.69) is 114 Å². The number of hydrogen-bond acceptors (Lipinski definition) is 7. The Hall–Kier alpha value is -8.20. The third-order valence-corrected chi connectivity index (χ3v) is 12.5. The number of benzene rings is 8. The number of thiophene rings is 1. The van der Waals surface area contributed by atoms with Crippen molar-refractivity contribution in [2.45, 2.75) is 0 Å². The summed E-state index contributed by atoms with van der Waals surface area (Å²) in [7, 11) is 0. The molecule has 0 radical (unpaired) electrons. The predicted octanol–water partition coefficient (Wildman–Crippen LogP) is 13.5. The molecule has 0 fully saturated rings. The monoisotopic (exact) mass is 811 g/mol. The van der Waals surface area contributed by atoms with Crippen molar-refractivity contribution in [3.63, 3.8) is 0 Å². The van der Waals surface area contributed by atoms with Gasteiger partial charge in [-0.05, 0) is 36.4 Å². The van der Waals surface area contributed by atoms with Crippen molar-refractivity contribution in [1.82, 2.24) is 34.5 Å². The molecule has 4 aromatic heterocycles. The number of hydrogen-bond donors (Lipinski definition) is 0. The average Bonchev–Trinajstić information content (AvgIpc) is 3.91. The molecule has 8 aromatic carbocycles. The summed E-state index contributed by atoms with van der Waals surface area (Å²) in [5, 5.41) is 4.52. The second-order valence-corrected chi connectivity index (χ2v) is 16.1. The van der Waals surface area contributed by atoms with Crippen molar-refractivity contribution in [3.8, 4) is 74.0 Å². The van der Waals surface area contributed by atoms with E-state index in [0.29, 0.717) is 34.9 Å². The minimum Gasteiger partial charge on any atom is -0.309 e. The van der Waals surface area contributed by atoms with Crippen LogP contribution in [0.1, 0.15) is 0 Å². The summed E-state index contributed by atoms with van der Waals surface area (Å²) >= 11 is 1.73. The van der Waals surface area contributed by atoms with Crippen LogP contribution in [0.15, 0.2) is 200 Å². The van der Waals surface area contributed by atoms with Crippen LogP contribution in [0.2, 0.25) is 0 Å². The molecule has 0 amide bonds. The van der Waals surface area contributed by atoms with Crippen molar-refractivity contribution < 1.29 is 0 Å². The highest BCUT2D eigenvalue weighted by Crippen LogP contribution is 2.44. The summed E-state index contributed by atoms with van der Waals surface area (Å²) in [5.74, 6) is 3.69. The normalized spacial score (nSPS) is 11.5. The summed E-state index contributed by atoms with van der Waals surface area (Å²) in [6.45, 7) is 0. The minimum atomic E-state index is 0.603. The topological polar surface area (TPSA) is 82.3 Å². The highest BCUT2D eigenvalue weighted by atomic mass is 32.1. The standard InChI is InChI=1S/C54H33N7S/c1-5-17-34(18-6-1)49-55-50(35-19-7-2-8-20-35)58-53(57-49)42-27-16-30-46-47(42)41-26-15-28-43(48(41)62-46)54-59-51(36-21-9-3-10-22-36)56-52(60-54)37-31-32-40-39-25-13-14-29-44(39)61(45(40)33-37)38-23-11-4-12-24-38/h1-33H. The molecule has 4 heterocycles. The predicted molar refractivity (Wildman–Crippen MR) is 253 cm³/mol. The van der Waals surface area contributed by atoms with Crippen LogP contribution in [-0.2, 0) is 0 Å². The van der Waals surface area contributed by atoms with E-state index in [1.165, 1.54) is 10.8 Å². The molecule has 62 heavy (non-hydrogen) atoms. The first-order valence-electron chi connectivity index (χ1n) is 20.5. The number of nitrogens with zero attached hydrogens (tertiary/aromatic N) is 7. The number of fused-ring (bicyclic) bond motifs is 6. The van der Waals surface area contributed by atoms with E-state index in [1.807, 2.05) is 91.0 Å². The van der Waals surface area contributed by atoms with Gasteiger partial charge >= 0.3 is 0 Å². The summed E-state index contributed by atoms with van der Waals surface area (Å²) in [6.07, 6.45) is 0. The highest BCUT2D eigenvalue weighted by molar-refractivity contribution is 7.26. The average molecular weight is 812 g/mol. The SMILES string of the molecule is c1ccc(-c2nc(-c3ccc4c5ccccc5n(-c5ccccc5)c4c3)nc(-c3cccc4c3sc3cccc(-c5nc(-c6ccccc6)nc(-c6ccccc6)n5)c34)n2)cc1. The molecule has 0 spiro atoms. The van der Waals surface area contributed by atoms with Gasteiger partial charge < -0.3 is 4.57 Å². The maximum absolute atomic E-state index is 5.30. The maximum Gasteiger partial charge on any atom is 0.165 e. The van der Waals surface area contributed by atoms with Gasteiger partial charge in [-0.15, -0.1) is 11.3 Å². The Morgan fingerprint density at radius 1 is 0.323 bits per heavy atom. The van der Waals surface area contributed by atoms with Crippen molar-refractivity contribution in [2.24, 2.45) is 0 Å². The van der Waals surface area contributed by atoms with Gasteiger partial charge in [0, 0.05) is 70.0 Å². The van der Waals surface area contributed by atoms with Crippen LogP contribution in [-0.4, -0.2) is 34.5 Å². The summed E-state index contributed by atoms with van der Waals surface area (Å²) in [6, 6.07) is 68.7. The lowest BCUT2D eigenvalue weighted by atomic mass is 10.0. The number of aromatic nitrogens is 7. The quantitative estimate of drug-likeness (QED) is 0.159. The molecule has 7 nitrogen and oxygen atoms in total. The number of para-hydroxylation sites is 2. The summed E-state index contributed by atoms with van der Waals surface area (Å²) in [4.78, 5) is 30.8. The molecular weight excluding hydrogens is 779 g/mol. The molecule has 0 aliphatic rings. The molecule has 0 saturated heterocycles. The molecular formula is C54H33N7S. The van der Waals surface area contributed by atoms with Crippen LogP contribution in [0.25, 0.3) is 116 Å². The van der Waals surface area contributed by atoms with Gasteiger partial charge in [0.1, 0.15) is 0 Å². The van der Waals surface area contributed by atoms with E-state index in [-0.39, 0.29) is 0 Å². The van der Waals surface area contributed by atoms with Gasteiger partial charge in [0.2, 0.25) is 0 Å². The van der Waals surface area contributed by atoms with Gasteiger partial charge in [0.25, 0.3) is 0 Å². The molecule has 0 saturated carbocycles. The lowest BCUT2D eigenvalue weighted by molar-refractivity contribution is 1.08. The minimum absolute atomic E-state index is 0.603. The Morgan fingerprint density at radius 2 is 0.790 bits per heavy atom. The Balaban J connectivity index is 1.06. The Kier molecular flexibility index (Phi) is 8.53. The van der Waals surface area contributed by atoms with E-state index < -0.39 is 0 Å². The van der Waals surface area contributed by atoms with Crippen LogP contribution >= 0.6 is 11.3 Å². The van der Waals surface area contributed by atoms with E-state index in [1.54, 1.807) is 11.3 Å². The van der Waals surface area contributed by atoms with Crippen LogP contribution in [0.4, 0.5) is 0 Å². The maximum atomic E-state index is 5.30. The molecule has 0 bridgehead atoms. The van der Waals surface area contributed by atoms with Crippen molar-refractivity contribution in [2.75, 3.05) is 0 Å². The van der Waals surface area contributed by atoms with E-state index in [4.69, 9.17) is 29.9 Å². The van der Waals surface area contributed by atoms with Crippen LogP contribution in [0.3, 0.4) is 0 Å². The number of rotatable bonds is 7. The van der Waals surface area contributed by atoms with Crippen LogP contribution in [0, 0.1) is 0 Å². The molecule has 12 rings (SSSR count). The van der Waals surface area contributed by atoms with Crippen molar-refractivity contribution in [1.29, 1.82) is 0 Å². The zero-order chi connectivity index (χ0) is 41.0. The van der Waals surface area contributed by atoms with E-state index in [0.717, 1.165) is 70.3 Å². The molecule has 290 valence electrons. The smallest absolute Gasteiger partial charge is 0.165 e. The molecule has 12 aromatic rings. The first kappa shape index (κ1) is 35.7. The fourth-order valence-electron chi connectivity index (χ4n) is 8.45. The summed E-state index contributed by atoms with van der Waals surface area (Å²) < 4.78 is 4.51. The van der Waals surface area contributed by atoms with Crippen molar-refractivity contribution in [3.05, 3.63) is 200 Å². The summed E-state index contributed by atoms with van der Waals surface area (Å²) in [5.41, 5.74) is 8.87. The molecule has 0 aliphatic carbocycles. The lowest BCUT2D eigenvalue weighted by Gasteiger charge is -2.11. The van der Waals surface area contributed by atoms with E-state index >= 15 is 0 Å². The Morgan fingerprint density at radius 3 is 1.42 bits per heavy atom. The first-order chi connectivity index (χ1) is 30.7. The van der Waals surface area contributed by atoms with Gasteiger partial charge in [-0.1, -0.05) is 164 Å². The fourth-order valence-corrected chi connectivity index (χ4v) is 9.68. The third-order valence-electron chi connectivity index (χ3n) is 11.3. The van der Waals surface area contributed by atoms with Gasteiger partial charge in [0.05, 0.1) is 11.0 Å².